The smallest absolute Gasteiger partial charge is 0.256 e. The van der Waals surface area contributed by atoms with Crippen LogP contribution in [0.25, 0.3) is 0 Å². The maximum absolute atomic E-state index is 14.5. The molecule has 2 bridgehead atoms. The van der Waals surface area contributed by atoms with E-state index in [0.29, 0.717) is 43.1 Å². The lowest BCUT2D eigenvalue weighted by molar-refractivity contribution is -0.148. The van der Waals surface area contributed by atoms with Crippen molar-refractivity contribution < 1.29 is 51.5 Å². The second kappa shape index (κ2) is 25.1. The molecule has 73 heavy (non-hydrogen) atoms. The van der Waals surface area contributed by atoms with Crippen molar-refractivity contribution in [2.45, 2.75) is 154 Å². The molecule has 1 aromatic carbocycles. The summed E-state index contributed by atoms with van der Waals surface area (Å²) in [5.41, 5.74) is 1.00. The van der Waals surface area contributed by atoms with Gasteiger partial charge in [-0.1, -0.05) is 76.6 Å². The number of aromatic nitrogens is 3. The SMILES string of the molecule is CC[C@H](C)[C@@H]([C@@H](CC(=O)N1CCC[C@H]1[C@H](OC)[C@@H](C)C(=O)N[C@@H](Cc1ccccc1)C(=O)NS(=O)(=O)CCCn1cc(CN2C(=O)C=CC2=O)nn1)OC)N(C)C(=O)[C@@H](NC(=O)[C@@H]1[C@H]2CC[C@H](C2)N1C)C(C)C. The van der Waals surface area contributed by atoms with E-state index in [1.807, 2.05) is 34.7 Å². The molecule has 0 spiro atoms. The van der Waals surface area contributed by atoms with Crippen LogP contribution in [0.5, 0.6) is 0 Å². The molecule has 1 saturated carbocycles. The fourth-order valence-corrected chi connectivity index (χ4v) is 12.3. The van der Waals surface area contributed by atoms with Gasteiger partial charge in [0, 0.05) is 59.0 Å². The number of ether oxygens (including phenoxy) is 2. The average molecular weight is 1040 g/mol. The number of imide groups is 1. The molecule has 4 heterocycles. The van der Waals surface area contributed by atoms with Crippen LogP contribution in [0.4, 0.5) is 0 Å². The first-order valence-electron chi connectivity index (χ1n) is 25.6. The summed E-state index contributed by atoms with van der Waals surface area (Å²) in [6, 6.07) is 5.80. The molecule has 22 heteroatoms. The molecule has 402 valence electrons. The molecule has 2 saturated heterocycles. The topological polar surface area (TPSA) is 252 Å². The molecular weight excluding hydrogens is 961 g/mol. The first kappa shape index (κ1) is 56.7. The van der Waals surface area contributed by atoms with Crippen LogP contribution in [0.2, 0.25) is 0 Å². The number of nitrogens with zero attached hydrogens (tertiary/aromatic N) is 7. The van der Waals surface area contributed by atoms with Gasteiger partial charge < -0.3 is 29.9 Å². The minimum absolute atomic E-state index is 0.0264. The minimum atomic E-state index is -4.21. The molecule has 3 fully saturated rings. The van der Waals surface area contributed by atoms with Gasteiger partial charge in [-0.05, 0) is 68.9 Å². The number of carbonyl (C=O) groups excluding carboxylic acids is 7. The largest absolute Gasteiger partial charge is 0.379 e. The third-order valence-corrected chi connectivity index (χ3v) is 16.8. The molecule has 0 radical (unpaired) electrons. The van der Waals surface area contributed by atoms with Crippen molar-refractivity contribution in [2.24, 2.45) is 23.7 Å². The lowest BCUT2D eigenvalue weighted by Gasteiger charge is -2.41. The summed E-state index contributed by atoms with van der Waals surface area (Å²) in [6.45, 7) is 9.90. The van der Waals surface area contributed by atoms with Crippen LogP contribution in [0.15, 0.2) is 48.7 Å². The van der Waals surface area contributed by atoms with Gasteiger partial charge in [0.05, 0.1) is 61.2 Å². The average Bonchev–Trinajstić information content (AvgIpc) is 4.23. The van der Waals surface area contributed by atoms with Gasteiger partial charge in [0.1, 0.15) is 17.8 Å². The summed E-state index contributed by atoms with van der Waals surface area (Å²) < 4.78 is 42.2. The highest BCUT2D eigenvalue weighted by molar-refractivity contribution is 7.90. The maximum Gasteiger partial charge on any atom is 0.256 e. The number of hydrogen-bond acceptors (Lipinski definition) is 14. The number of sulfonamides is 1. The first-order chi connectivity index (χ1) is 34.7. The van der Waals surface area contributed by atoms with Crippen molar-refractivity contribution in [3.63, 3.8) is 0 Å². The van der Waals surface area contributed by atoms with Crippen LogP contribution in [0.3, 0.4) is 0 Å². The van der Waals surface area contributed by atoms with Gasteiger partial charge in [-0.2, -0.15) is 0 Å². The molecule has 1 aliphatic carbocycles. The quantitative estimate of drug-likeness (QED) is 0.114. The zero-order valence-corrected chi connectivity index (χ0v) is 44.6. The molecule has 7 amide bonds. The monoisotopic (exact) mass is 1040 g/mol. The van der Waals surface area contributed by atoms with Crippen LogP contribution in [0, 0.1) is 23.7 Å². The van der Waals surface area contributed by atoms with E-state index in [2.05, 4.69) is 30.6 Å². The number of hydrogen-bond donors (Lipinski definition) is 3. The van der Waals surface area contributed by atoms with Crippen molar-refractivity contribution in [3.05, 3.63) is 59.9 Å². The Morgan fingerprint density at radius 3 is 2.25 bits per heavy atom. The van der Waals surface area contributed by atoms with Gasteiger partial charge in [0.2, 0.25) is 33.7 Å². The Balaban J connectivity index is 1.08. The molecular formula is C51H76N10O11S. The van der Waals surface area contributed by atoms with E-state index in [0.717, 1.165) is 36.3 Å². The van der Waals surface area contributed by atoms with Crippen LogP contribution < -0.4 is 15.4 Å². The molecule has 21 nitrogen and oxygen atoms in total. The highest BCUT2D eigenvalue weighted by Gasteiger charge is 2.49. The Labute approximate surface area is 429 Å². The number of fused-ring (bicyclic) bond motifs is 2. The number of nitrogens with one attached hydrogen (secondary N) is 3. The number of amides is 7. The van der Waals surface area contributed by atoms with Crippen molar-refractivity contribution in [1.29, 1.82) is 0 Å². The third kappa shape index (κ3) is 13.8. The van der Waals surface area contributed by atoms with Crippen LogP contribution >= 0.6 is 0 Å². The molecule has 3 aliphatic heterocycles. The maximum atomic E-state index is 14.5. The number of likely N-dealkylation sites (N-methyl/N-ethyl adjacent to an activating group) is 2. The summed E-state index contributed by atoms with van der Waals surface area (Å²) in [7, 11) is 2.47. The first-order valence-corrected chi connectivity index (χ1v) is 27.3. The van der Waals surface area contributed by atoms with Crippen LogP contribution in [0.1, 0.15) is 97.2 Å². The second-order valence-electron chi connectivity index (χ2n) is 20.6. The van der Waals surface area contributed by atoms with Crippen molar-refractivity contribution in [3.8, 4) is 0 Å². The fourth-order valence-electron chi connectivity index (χ4n) is 11.2. The molecule has 1 aromatic heterocycles. The predicted octanol–water partition coefficient (Wildman–Crippen LogP) is 1.81. The predicted molar refractivity (Wildman–Crippen MR) is 269 cm³/mol. The van der Waals surface area contributed by atoms with E-state index in [9.17, 15) is 42.0 Å². The molecule has 6 rings (SSSR count). The van der Waals surface area contributed by atoms with Crippen molar-refractivity contribution in [1.82, 2.24) is 49.9 Å². The lowest BCUT2D eigenvalue weighted by Crippen LogP contribution is -2.60. The summed E-state index contributed by atoms with van der Waals surface area (Å²) in [5.74, 6) is -4.49. The van der Waals surface area contributed by atoms with Gasteiger partial charge in [0.25, 0.3) is 17.7 Å². The normalized spacial score (nSPS) is 22.8. The molecule has 0 unspecified atom stereocenters. The number of benzene rings is 1. The summed E-state index contributed by atoms with van der Waals surface area (Å²) >= 11 is 0. The highest BCUT2D eigenvalue weighted by Crippen LogP contribution is 2.41. The summed E-state index contributed by atoms with van der Waals surface area (Å²) in [4.78, 5) is 101. The lowest BCUT2D eigenvalue weighted by atomic mass is 9.89. The number of carbonyl (C=O) groups is 7. The fraction of sp³-hybridized carbons (Fsp3) is 0.667. The van der Waals surface area contributed by atoms with Gasteiger partial charge in [-0.15, -0.1) is 5.10 Å². The van der Waals surface area contributed by atoms with E-state index in [-0.39, 0.29) is 73.9 Å². The third-order valence-electron chi connectivity index (χ3n) is 15.4. The minimum Gasteiger partial charge on any atom is -0.379 e. The van der Waals surface area contributed by atoms with E-state index < -0.39 is 81.7 Å². The summed E-state index contributed by atoms with van der Waals surface area (Å²) in [5, 5.41) is 13.8. The molecule has 11 atom stereocenters. The Hall–Kier alpha value is -5.58. The number of likely N-dealkylation sites (tertiary alicyclic amines) is 2. The van der Waals surface area contributed by atoms with E-state index in [4.69, 9.17) is 9.47 Å². The van der Waals surface area contributed by atoms with E-state index in [1.54, 1.807) is 54.1 Å². The van der Waals surface area contributed by atoms with Gasteiger partial charge in [0.15, 0.2) is 0 Å². The Bertz CT molecular complexity index is 2410. The van der Waals surface area contributed by atoms with E-state index >= 15 is 0 Å². The van der Waals surface area contributed by atoms with E-state index in [1.165, 1.54) is 25.1 Å². The van der Waals surface area contributed by atoms with Crippen LogP contribution in [-0.4, -0.2) is 173 Å². The Morgan fingerprint density at radius 1 is 0.932 bits per heavy atom. The second-order valence-corrected chi connectivity index (χ2v) is 22.5. The van der Waals surface area contributed by atoms with Gasteiger partial charge in [-0.3, -0.25) is 52.8 Å². The zero-order chi connectivity index (χ0) is 53.3. The van der Waals surface area contributed by atoms with Crippen LogP contribution in [-0.2, 0) is 72.6 Å². The summed E-state index contributed by atoms with van der Waals surface area (Å²) in [6.07, 6.45) is 7.13. The molecule has 2 aromatic rings. The number of methoxy groups -OCH3 is 2. The molecule has 3 N–H and O–H groups in total. The number of aryl methyl sites for hydroxylation is 1. The van der Waals surface area contributed by atoms with Crippen molar-refractivity contribution in [2.75, 3.05) is 40.6 Å². The Morgan fingerprint density at radius 2 is 1.63 bits per heavy atom. The number of rotatable bonds is 26. The Kier molecular flexibility index (Phi) is 19.5. The zero-order valence-electron chi connectivity index (χ0n) is 43.8. The standard InChI is InChI=1S/C51H76N10O11S/c1-10-32(4)45(58(7)51(68)44(31(2)3)53-50(67)46-35-19-20-37(27-35)57(46)6)40(71-8)28-43(64)60-24-14-18-39(60)47(72-9)33(5)48(65)52-38(26-34-16-12-11-13-17-34)49(66)55-73(69,70)25-15-23-59-29-36(54-56-59)30-61-41(62)21-22-42(61)63/h11-13,16-17,21-22,29,31-33,35,37-40,44-47H,10,14-15,18-20,23-28,30H2,1-9H3,(H,52,65)(H,53,67)(H,55,66)/t32-,33+,35-,37+,38-,39-,40+,44-,45-,46-,47+/m0/s1. The van der Waals surface area contributed by atoms with Crippen molar-refractivity contribution >= 4 is 51.4 Å². The highest BCUT2D eigenvalue weighted by atomic mass is 32.2. The molecule has 4 aliphatic rings. The number of piperidine rings is 1. The van der Waals surface area contributed by atoms with Gasteiger partial charge >= 0.3 is 0 Å². The van der Waals surface area contributed by atoms with Gasteiger partial charge in [-0.25, -0.2) is 8.42 Å².